The van der Waals surface area contributed by atoms with Gasteiger partial charge in [-0.3, -0.25) is 4.98 Å². The summed E-state index contributed by atoms with van der Waals surface area (Å²) in [4.78, 5) is 12.6. The van der Waals surface area contributed by atoms with Crippen LogP contribution in [-0.2, 0) is 0 Å². The quantitative estimate of drug-likeness (QED) is 0.607. The van der Waals surface area contributed by atoms with Crippen LogP contribution >= 0.6 is 23.4 Å². The Bertz CT molecular complexity index is 499. The first-order valence-electron chi connectivity index (χ1n) is 4.69. The number of thioether (sulfide) groups is 1. The van der Waals surface area contributed by atoms with Gasteiger partial charge in [0.15, 0.2) is 5.16 Å². The van der Waals surface area contributed by atoms with Crippen LogP contribution < -0.4 is 0 Å². The standard InChI is InChI=1S/C11H10ClN3S/c1-7-10(12)3-8(4-13-7)9-5-14-11(16-2)15-6-9/h3-6H,1-2H3. The van der Waals surface area contributed by atoms with E-state index in [2.05, 4.69) is 15.0 Å². The molecule has 5 heteroatoms. The molecule has 2 rings (SSSR count). The van der Waals surface area contributed by atoms with E-state index in [9.17, 15) is 0 Å². The normalized spacial score (nSPS) is 10.4. The molecule has 0 saturated carbocycles. The van der Waals surface area contributed by atoms with Crippen molar-refractivity contribution >= 4 is 23.4 Å². The lowest BCUT2D eigenvalue weighted by Crippen LogP contribution is -1.89. The van der Waals surface area contributed by atoms with Gasteiger partial charge in [-0.2, -0.15) is 0 Å². The molecule has 0 unspecified atom stereocenters. The fourth-order valence-electron chi connectivity index (χ4n) is 1.23. The second-order valence-electron chi connectivity index (χ2n) is 3.25. The molecule has 0 spiro atoms. The zero-order chi connectivity index (χ0) is 11.5. The van der Waals surface area contributed by atoms with Gasteiger partial charge in [0.2, 0.25) is 0 Å². The molecular formula is C11H10ClN3S. The van der Waals surface area contributed by atoms with Crippen molar-refractivity contribution < 1.29 is 0 Å². The summed E-state index contributed by atoms with van der Waals surface area (Å²) in [5, 5.41) is 1.42. The molecule has 82 valence electrons. The molecule has 0 radical (unpaired) electrons. The minimum atomic E-state index is 0.659. The number of pyridine rings is 1. The van der Waals surface area contributed by atoms with Gasteiger partial charge in [0.1, 0.15) is 0 Å². The molecular weight excluding hydrogens is 242 g/mol. The van der Waals surface area contributed by atoms with Gasteiger partial charge in [-0.1, -0.05) is 23.4 Å². The highest BCUT2D eigenvalue weighted by molar-refractivity contribution is 7.98. The molecule has 0 bridgehead atoms. The lowest BCUT2D eigenvalue weighted by Gasteiger charge is -2.03. The van der Waals surface area contributed by atoms with Crippen LogP contribution in [0.15, 0.2) is 29.8 Å². The van der Waals surface area contributed by atoms with Crippen LogP contribution in [0.1, 0.15) is 5.69 Å². The Kier molecular flexibility index (Phi) is 3.41. The van der Waals surface area contributed by atoms with Crippen LogP contribution in [0.4, 0.5) is 0 Å². The summed E-state index contributed by atoms with van der Waals surface area (Å²) in [5.41, 5.74) is 2.68. The maximum atomic E-state index is 6.01. The Morgan fingerprint density at radius 3 is 2.25 bits per heavy atom. The van der Waals surface area contributed by atoms with E-state index in [-0.39, 0.29) is 0 Å². The fourth-order valence-corrected chi connectivity index (χ4v) is 1.72. The number of halogens is 1. The summed E-state index contributed by atoms with van der Waals surface area (Å²) in [6, 6.07) is 1.88. The van der Waals surface area contributed by atoms with E-state index < -0.39 is 0 Å². The van der Waals surface area contributed by atoms with Crippen molar-refractivity contribution in [2.45, 2.75) is 12.1 Å². The SMILES string of the molecule is CSc1ncc(-c2cnc(C)c(Cl)c2)cn1. The van der Waals surface area contributed by atoms with Gasteiger partial charge in [-0.05, 0) is 19.2 Å². The third-order valence-corrected chi connectivity index (χ3v) is 3.13. The molecule has 0 amide bonds. The number of rotatable bonds is 2. The van der Waals surface area contributed by atoms with Crippen molar-refractivity contribution in [3.63, 3.8) is 0 Å². The Morgan fingerprint density at radius 2 is 1.69 bits per heavy atom. The van der Waals surface area contributed by atoms with Crippen LogP contribution in [0.3, 0.4) is 0 Å². The van der Waals surface area contributed by atoms with Crippen molar-refractivity contribution in [2.75, 3.05) is 6.26 Å². The van der Waals surface area contributed by atoms with Crippen LogP contribution in [-0.4, -0.2) is 21.2 Å². The van der Waals surface area contributed by atoms with Crippen molar-refractivity contribution in [1.29, 1.82) is 0 Å². The van der Waals surface area contributed by atoms with Crippen molar-refractivity contribution in [2.24, 2.45) is 0 Å². The van der Waals surface area contributed by atoms with Crippen LogP contribution in [0.2, 0.25) is 5.02 Å². The minimum absolute atomic E-state index is 0.659. The van der Waals surface area contributed by atoms with Gasteiger partial charge in [-0.15, -0.1) is 0 Å². The first kappa shape index (κ1) is 11.4. The van der Waals surface area contributed by atoms with E-state index in [0.717, 1.165) is 22.0 Å². The summed E-state index contributed by atoms with van der Waals surface area (Å²) in [7, 11) is 0. The summed E-state index contributed by atoms with van der Waals surface area (Å²) in [6.07, 6.45) is 7.28. The largest absolute Gasteiger partial charge is 0.259 e. The molecule has 2 aromatic rings. The fraction of sp³-hybridized carbons (Fsp3) is 0.182. The van der Waals surface area contributed by atoms with Gasteiger partial charge < -0.3 is 0 Å². The third-order valence-electron chi connectivity index (χ3n) is 2.17. The highest BCUT2D eigenvalue weighted by Gasteiger charge is 2.03. The first-order chi connectivity index (χ1) is 7.70. The summed E-state index contributed by atoms with van der Waals surface area (Å²) in [6.45, 7) is 1.87. The van der Waals surface area contributed by atoms with E-state index in [1.165, 1.54) is 11.8 Å². The molecule has 0 aliphatic heterocycles. The average molecular weight is 252 g/mol. The minimum Gasteiger partial charge on any atom is -0.259 e. The summed E-state index contributed by atoms with van der Waals surface area (Å²) < 4.78 is 0. The van der Waals surface area contributed by atoms with Crippen molar-refractivity contribution in [3.8, 4) is 11.1 Å². The lowest BCUT2D eigenvalue weighted by atomic mass is 10.1. The van der Waals surface area contributed by atoms with E-state index in [4.69, 9.17) is 11.6 Å². The average Bonchev–Trinajstić information content (AvgIpc) is 2.33. The molecule has 0 saturated heterocycles. The number of hydrogen-bond donors (Lipinski definition) is 0. The molecule has 0 aliphatic carbocycles. The monoisotopic (exact) mass is 251 g/mol. The van der Waals surface area contributed by atoms with Gasteiger partial charge in [-0.25, -0.2) is 9.97 Å². The topological polar surface area (TPSA) is 38.7 Å². The number of hydrogen-bond acceptors (Lipinski definition) is 4. The van der Waals surface area contributed by atoms with Crippen LogP contribution in [0.5, 0.6) is 0 Å². The Hall–Kier alpha value is -1.13. The van der Waals surface area contributed by atoms with E-state index >= 15 is 0 Å². The molecule has 0 aliphatic rings. The van der Waals surface area contributed by atoms with Crippen LogP contribution in [0.25, 0.3) is 11.1 Å². The van der Waals surface area contributed by atoms with E-state index in [1.807, 2.05) is 19.2 Å². The zero-order valence-corrected chi connectivity index (χ0v) is 10.5. The Morgan fingerprint density at radius 1 is 1.06 bits per heavy atom. The molecule has 0 atom stereocenters. The van der Waals surface area contributed by atoms with Gasteiger partial charge >= 0.3 is 0 Å². The molecule has 0 fully saturated rings. The predicted octanol–water partition coefficient (Wildman–Crippen LogP) is 3.22. The van der Waals surface area contributed by atoms with E-state index in [0.29, 0.717) is 5.02 Å². The number of aromatic nitrogens is 3. The lowest BCUT2D eigenvalue weighted by molar-refractivity contribution is 0.972. The third kappa shape index (κ3) is 2.33. The highest BCUT2D eigenvalue weighted by Crippen LogP contribution is 2.23. The first-order valence-corrected chi connectivity index (χ1v) is 6.29. The van der Waals surface area contributed by atoms with Gasteiger partial charge in [0.05, 0.1) is 10.7 Å². The molecule has 0 aromatic carbocycles. The molecule has 0 N–H and O–H groups in total. The number of aryl methyl sites for hydroxylation is 1. The predicted molar refractivity (Wildman–Crippen MR) is 66.8 cm³/mol. The molecule has 2 aromatic heterocycles. The highest BCUT2D eigenvalue weighted by atomic mass is 35.5. The Balaban J connectivity index is 2.38. The van der Waals surface area contributed by atoms with Crippen molar-refractivity contribution in [1.82, 2.24) is 15.0 Å². The Labute approximate surface area is 103 Å². The number of nitrogens with zero attached hydrogens (tertiary/aromatic N) is 3. The molecule has 16 heavy (non-hydrogen) atoms. The second kappa shape index (κ2) is 4.80. The smallest absolute Gasteiger partial charge is 0.187 e. The van der Waals surface area contributed by atoms with Gasteiger partial charge in [0, 0.05) is 29.7 Å². The van der Waals surface area contributed by atoms with E-state index in [1.54, 1.807) is 18.6 Å². The van der Waals surface area contributed by atoms with Crippen molar-refractivity contribution in [3.05, 3.63) is 35.4 Å². The van der Waals surface area contributed by atoms with Crippen LogP contribution in [0, 0.1) is 6.92 Å². The maximum absolute atomic E-state index is 6.01. The zero-order valence-electron chi connectivity index (χ0n) is 8.94. The second-order valence-corrected chi connectivity index (χ2v) is 4.43. The summed E-state index contributed by atoms with van der Waals surface area (Å²) in [5.74, 6) is 0. The maximum Gasteiger partial charge on any atom is 0.187 e. The molecule has 2 heterocycles. The van der Waals surface area contributed by atoms with Gasteiger partial charge in [0.25, 0.3) is 0 Å². The summed E-state index contributed by atoms with van der Waals surface area (Å²) >= 11 is 7.53. The molecule has 3 nitrogen and oxygen atoms in total.